The molecule has 0 saturated carbocycles. The van der Waals surface area contributed by atoms with Crippen molar-refractivity contribution in [1.82, 2.24) is 0 Å². The van der Waals surface area contributed by atoms with Crippen molar-refractivity contribution in [1.29, 1.82) is 0 Å². The van der Waals surface area contributed by atoms with Gasteiger partial charge in [-0.15, -0.1) is 0 Å². The van der Waals surface area contributed by atoms with Gasteiger partial charge in [-0.05, 0) is 81.3 Å². The highest BCUT2D eigenvalue weighted by Crippen LogP contribution is 2.25. The van der Waals surface area contributed by atoms with Crippen molar-refractivity contribution in [2.75, 3.05) is 10.6 Å². The average Bonchev–Trinajstić information content (AvgIpc) is 2.79. The molecule has 0 aromatic heterocycles. The van der Waals surface area contributed by atoms with Crippen LogP contribution in [0.2, 0.25) is 5.02 Å². The minimum atomic E-state index is -0.743. The molecule has 3 aromatic rings. The van der Waals surface area contributed by atoms with Gasteiger partial charge in [0.25, 0.3) is 11.8 Å². The zero-order chi connectivity index (χ0) is 24.0. The van der Waals surface area contributed by atoms with Crippen LogP contribution in [-0.4, -0.2) is 24.0 Å². The molecule has 33 heavy (non-hydrogen) atoms. The van der Waals surface area contributed by atoms with Crippen LogP contribution < -0.4 is 20.1 Å². The Balaban J connectivity index is 1.54. The number of halogens is 1. The number of amides is 2. The number of benzene rings is 3. The van der Waals surface area contributed by atoms with Gasteiger partial charge in [-0.2, -0.15) is 0 Å². The summed E-state index contributed by atoms with van der Waals surface area (Å²) in [5.74, 6) is 0.539. The third-order valence-electron chi connectivity index (χ3n) is 4.95. The summed E-state index contributed by atoms with van der Waals surface area (Å²) in [6, 6.07) is 19.7. The highest BCUT2D eigenvalue weighted by atomic mass is 35.5. The largest absolute Gasteiger partial charge is 0.481 e. The maximum Gasteiger partial charge on any atom is 0.265 e. The fourth-order valence-electron chi connectivity index (χ4n) is 2.99. The summed E-state index contributed by atoms with van der Waals surface area (Å²) in [5, 5.41) is 6.04. The molecule has 2 atom stereocenters. The first-order valence-electron chi connectivity index (χ1n) is 10.6. The second kappa shape index (κ2) is 10.9. The summed E-state index contributed by atoms with van der Waals surface area (Å²) < 4.78 is 11.5. The first-order chi connectivity index (χ1) is 15.7. The number of nitrogens with one attached hydrogen (secondary N) is 2. The van der Waals surface area contributed by atoms with Crippen LogP contribution in [0.5, 0.6) is 11.5 Å². The van der Waals surface area contributed by atoms with Gasteiger partial charge >= 0.3 is 0 Å². The van der Waals surface area contributed by atoms with Crippen molar-refractivity contribution in [3.63, 3.8) is 0 Å². The molecular weight excluding hydrogens is 440 g/mol. The van der Waals surface area contributed by atoms with Gasteiger partial charge in [0, 0.05) is 11.4 Å². The molecule has 7 heteroatoms. The normalized spacial score (nSPS) is 12.4. The number of hydrogen-bond acceptors (Lipinski definition) is 4. The van der Waals surface area contributed by atoms with Crippen LogP contribution in [0.3, 0.4) is 0 Å². The van der Waals surface area contributed by atoms with E-state index >= 15 is 0 Å². The van der Waals surface area contributed by atoms with Crippen molar-refractivity contribution >= 4 is 34.8 Å². The molecule has 6 nitrogen and oxygen atoms in total. The molecule has 0 aliphatic carbocycles. The average molecular weight is 467 g/mol. The minimum absolute atomic E-state index is 0.269. The van der Waals surface area contributed by atoms with Gasteiger partial charge in [0.05, 0.1) is 5.02 Å². The van der Waals surface area contributed by atoms with Crippen LogP contribution in [0.25, 0.3) is 0 Å². The summed E-state index contributed by atoms with van der Waals surface area (Å²) in [6.45, 7) is 7.25. The molecule has 3 aromatic carbocycles. The maximum absolute atomic E-state index is 12.5. The summed E-state index contributed by atoms with van der Waals surface area (Å²) in [6.07, 6.45) is -1.42. The smallest absolute Gasteiger partial charge is 0.265 e. The number of ether oxygens (including phenoxy) is 2. The maximum atomic E-state index is 12.5. The molecule has 0 aliphatic heterocycles. The first-order valence-corrected chi connectivity index (χ1v) is 11.0. The van der Waals surface area contributed by atoms with Crippen molar-refractivity contribution in [3.05, 3.63) is 82.9 Å². The van der Waals surface area contributed by atoms with E-state index in [4.69, 9.17) is 21.1 Å². The Hall–Kier alpha value is -3.51. The van der Waals surface area contributed by atoms with Gasteiger partial charge in [-0.25, -0.2) is 0 Å². The number of aryl methyl sites for hydroxylation is 2. The van der Waals surface area contributed by atoms with Crippen LogP contribution in [0.4, 0.5) is 11.4 Å². The Bertz CT molecular complexity index is 1130. The van der Waals surface area contributed by atoms with Gasteiger partial charge < -0.3 is 20.1 Å². The lowest BCUT2D eigenvalue weighted by Gasteiger charge is -2.17. The van der Waals surface area contributed by atoms with E-state index < -0.39 is 12.2 Å². The van der Waals surface area contributed by atoms with Crippen LogP contribution in [0.1, 0.15) is 25.0 Å². The molecule has 0 radical (unpaired) electrons. The zero-order valence-corrected chi connectivity index (χ0v) is 19.8. The standard InChI is InChI=1S/C26H27ClN2O4/c1-16-9-10-17(2)24(15-16)33-19(4)26(31)29-21-13-11-20(12-14-21)28-25(30)18(3)32-23-8-6-5-7-22(23)27/h5-15,18-19H,1-4H3,(H,28,30)(H,29,31). The predicted molar refractivity (Wildman–Crippen MR) is 131 cm³/mol. The van der Waals surface area contributed by atoms with Crippen molar-refractivity contribution in [3.8, 4) is 11.5 Å². The number of anilines is 2. The number of carbonyl (C=O) groups is 2. The predicted octanol–water partition coefficient (Wildman–Crippen LogP) is 5.77. The molecule has 0 heterocycles. The Morgan fingerprint density at radius 3 is 1.82 bits per heavy atom. The molecule has 0 fully saturated rings. The molecule has 0 aliphatic rings. The first kappa shape index (κ1) is 24.1. The fourth-order valence-corrected chi connectivity index (χ4v) is 3.17. The quantitative estimate of drug-likeness (QED) is 0.442. The van der Waals surface area contributed by atoms with E-state index in [0.717, 1.165) is 11.1 Å². The van der Waals surface area contributed by atoms with Crippen LogP contribution >= 0.6 is 11.6 Å². The Morgan fingerprint density at radius 2 is 1.27 bits per heavy atom. The molecule has 0 bridgehead atoms. The summed E-state index contributed by atoms with van der Waals surface area (Å²) in [4.78, 5) is 25.0. The lowest BCUT2D eigenvalue weighted by atomic mass is 10.1. The van der Waals surface area contributed by atoms with E-state index in [0.29, 0.717) is 27.9 Å². The molecule has 3 rings (SSSR count). The Labute approximate surface area is 198 Å². The highest BCUT2D eigenvalue weighted by Gasteiger charge is 2.18. The molecule has 0 spiro atoms. The molecule has 2 amide bonds. The third-order valence-corrected chi connectivity index (χ3v) is 5.26. The summed E-state index contributed by atoms with van der Waals surface area (Å²) in [7, 11) is 0. The lowest BCUT2D eigenvalue weighted by molar-refractivity contribution is -0.122. The number of para-hydroxylation sites is 1. The molecule has 2 N–H and O–H groups in total. The van der Waals surface area contributed by atoms with E-state index in [1.165, 1.54) is 0 Å². The van der Waals surface area contributed by atoms with Gasteiger partial charge in [-0.3, -0.25) is 9.59 Å². The van der Waals surface area contributed by atoms with Gasteiger partial charge in [0.15, 0.2) is 12.2 Å². The SMILES string of the molecule is Cc1ccc(C)c(OC(C)C(=O)Nc2ccc(NC(=O)C(C)Oc3ccccc3Cl)cc2)c1. The monoisotopic (exact) mass is 466 g/mol. The molecule has 2 unspecified atom stereocenters. The Kier molecular flexibility index (Phi) is 7.96. The van der Waals surface area contributed by atoms with E-state index in [1.54, 1.807) is 62.4 Å². The number of rotatable bonds is 8. The third kappa shape index (κ3) is 6.73. The summed E-state index contributed by atoms with van der Waals surface area (Å²) in [5.41, 5.74) is 3.20. The highest BCUT2D eigenvalue weighted by molar-refractivity contribution is 6.32. The van der Waals surface area contributed by atoms with Crippen molar-refractivity contribution in [2.45, 2.75) is 39.9 Å². The zero-order valence-electron chi connectivity index (χ0n) is 19.0. The van der Waals surface area contributed by atoms with E-state index in [1.807, 2.05) is 32.0 Å². The fraction of sp³-hybridized carbons (Fsp3) is 0.231. The number of hydrogen-bond donors (Lipinski definition) is 2. The molecule has 172 valence electrons. The second-order valence-electron chi connectivity index (χ2n) is 7.78. The Morgan fingerprint density at radius 1 is 0.758 bits per heavy atom. The van der Waals surface area contributed by atoms with Crippen molar-refractivity contribution < 1.29 is 19.1 Å². The lowest BCUT2D eigenvalue weighted by Crippen LogP contribution is -2.30. The van der Waals surface area contributed by atoms with Crippen LogP contribution in [0.15, 0.2) is 66.7 Å². The summed E-state index contributed by atoms with van der Waals surface area (Å²) >= 11 is 6.07. The van der Waals surface area contributed by atoms with E-state index in [2.05, 4.69) is 10.6 Å². The van der Waals surface area contributed by atoms with Gasteiger partial charge in [-0.1, -0.05) is 35.9 Å². The van der Waals surface area contributed by atoms with Crippen LogP contribution in [0, 0.1) is 13.8 Å². The van der Waals surface area contributed by atoms with Gasteiger partial charge in [0.1, 0.15) is 11.5 Å². The minimum Gasteiger partial charge on any atom is -0.481 e. The van der Waals surface area contributed by atoms with E-state index in [9.17, 15) is 9.59 Å². The van der Waals surface area contributed by atoms with Crippen molar-refractivity contribution in [2.24, 2.45) is 0 Å². The topological polar surface area (TPSA) is 76.7 Å². The van der Waals surface area contributed by atoms with Gasteiger partial charge in [0.2, 0.25) is 0 Å². The molecule has 0 saturated heterocycles. The molecular formula is C26H27ClN2O4. The van der Waals surface area contributed by atoms with Crippen LogP contribution in [-0.2, 0) is 9.59 Å². The second-order valence-corrected chi connectivity index (χ2v) is 8.18. The van der Waals surface area contributed by atoms with E-state index in [-0.39, 0.29) is 11.8 Å². The number of carbonyl (C=O) groups excluding carboxylic acids is 2.